The number of nitrogens with zero attached hydrogens (tertiary/aromatic N) is 4. The predicted molar refractivity (Wildman–Crippen MR) is 135 cm³/mol. The van der Waals surface area contributed by atoms with Gasteiger partial charge in [0.1, 0.15) is 11.9 Å². The molecule has 2 aliphatic rings. The van der Waals surface area contributed by atoms with Crippen LogP contribution in [0.25, 0.3) is 22.2 Å². The van der Waals surface area contributed by atoms with E-state index in [1.54, 1.807) is 0 Å². The Labute approximate surface area is 209 Å². The van der Waals surface area contributed by atoms with Crippen molar-refractivity contribution < 1.29 is 18.6 Å². The van der Waals surface area contributed by atoms with Gasteiger partial charge >= 0.3 is 0 Å². The molecule has 5 rings (SSSR count). The molecule has 0 unspecified atom stereocenters. The molecule has 3 aromatic rings. The van der Waals surface area contributed by atoms with Gasteiger partial charge in [0.25, 0.3) is 0 Å². The van der Waals surface area contributed by atoms with Crippen molar-refractivity contribution in [1.29, 1.82) is 0 Å². The fourth-order valence-electron chi connectivity index (χ4n) is 5.29. The standard InChI is InChI=1S/C27H33F2N5O2/c1-16(2)25-18(13-34-8-3-4-19(28)14-34)11-30-22-6-5-17(10-20(22)25)26-21(29)12-31-27(33-26)32-23-7-9-36-15-24(23)35/h5-6,10-12,16,19,23-24,35H,3-4,7-9,13-15H2,1-2H3,(H,31,32,33)/t19-,23-,24-/m1/s1. The number of hydrogen-bond donors (Lipinski definition) is 2. The van der Waals surface area contributed by atoms with E-state index in [2.05, 4.69) is 39.0 Å². The number of alkyl halides is 1. The molecule has 0 radical (unpaired) electrons. The predicted octanol–water partition coefficient (Wildman–Crippen LogP) is 4.45. The number of piperidine rings is 1. The second kappa shape index (κ2) is 10.7. The molecule has 2 fully saturated rings. The molecule has 0 aliphatic carbocycles. The highest BCUT2D eigenvalue weighted by atomic mass is 19.1. The van der Waals surface area contributed by atoms with Crippen molar-refractivity contribution in [2.45, 2.75) is 63.9 Å². The van der Waals surface area contributed by atoms with Crippen LogP contribution in [0.3, 0.4) is 0 Å². The number of benzene rings is 1. The van der Waals surface area contributed by atoms with E-state index in [9.17, 15) is 13.9 Å². The zero-order chi connectivity index (χ0) is 25.2. The third-order valence-corrected chi connectivity index (χ3v) is 7.07. The molecule has 36 heavy (non-hydrogen) atoms. The molecule has 0 spiro atoms. The minimum absolute atomic E-state index is 0.187. The van der Waals surface area contributed by atoms with Crippen molar-refractivity contribution in [3.05, 3.63) is 47.5 Å². The van der Waals surface area contributed by atoms with Gasteiger partial charge in [0.05, 0.1) is 30.5 Å². The lowest BCUT2D eigenvalue weighted by Gasteiger charge is -2.30. The Morgan fingerprint density at radius 2 is 2.08 bits per heavy atom. The molecule has 2 aliphatic heterocycles. The fraction of sp³-hybridized carbons (Fsp3) is 0.519. The average molecular weight is 498 g/mol. The van der Waals surface area contributed by atoms with E-state index in [-0.39, 0.29) is 30.2 Å². The van der Waals surface area contributed by atoms with Gasteiger partial charge in [-0.3, -0.25) is 9.88 Å². The molecule has 2 aromatic heterocycles. The van der Waals surface area contributed by atoms with Gasteiger partial charge in [-0.1, -0.05) is 19.9 Å². The average Bonchev–Trinajstić information content (AvgIpc) is 2.86. The maximum Gasteiger partial charge on any atom is 0.223 e. The third kappa shape index (κ3) is 5.33. The van der Waals surface area contributed by atoms with Crippen LogP contribution in [0, 0.1) is 5.82 Å². The van der Waals surface area contributed by atoms with Gasteiger partial charge in [-0.15, -0.1) is 0 Å². The van der Waals surface area contributed by atoms with Crippen LogP contribution in [-0.2, 0) is 11.3 Å². The lowest BCUT2D eigenvalue weighted by atomic mass is 9.92. The van der Waals surface area contributed by atoms with E-state index in [0.29, 0.717) is 38.1 Å². The number of aromatic nitrogens is 3. The van der Waals surface area contributed by atoms with Crippen LogP contribution in [0.15, 0.2) is 30.6 Å². The lowest BCUT2D eigenvalue weighted by Crippen LogP contribution is -2.42. The van der Waals surface area contributed by atoms with Crippen LogP contribution in [0.5, 0.6) is 0 Å². The molecular weight excluding hydrogens is 464 g/mol. The highest BCUT2D eigenvalue weighted by Gasteiger charge is 2.25. The molecule has 2 N–H and O–H groups in total. The van der Waals surface area contributed by atoms with E-state index < -0.39 is 18.1 Å². The van der Waals surface area contributed by atoms with E-state index in [1.165, 1.54) is 0 Å². The molecule has 7 nitrogen and oxygen atoms in total. The van der Waals surface area contributed by atoms with E-state index >= 15 is 0 Å². The SMILES string of the molecule is CC(C)c1c(CN2CCC[C@@H](F)C2)cnc2ccc(-c3nc(N[C@@H]4CCOC[C@H]4O)ncc3F)cc12. The number of fused-ring (bicyclic) bond motifs is 1. The molecule has 0 amide bonds. The summed E-state index contributed by atoms with van der Waals surface area (Å²) in [4.78, 5) is 15.4. The van der Waals surface area contributed by atoms with Crippen molar-refractivity contribution in [2.24, 2.45) is 0 Å². The van der Waals surface area contributed by atoms with E-state index in [0.717, 1.165) is 41.2 Å². The molecule has 1 aromatic carbocycles. The number of nitrogens with one attached hydrogen (secondary N) is 1. The number of ether oxygens (including phenoxy) is 1. The largest absolute Gasteiger partial charge is 0.389 e. The van der Waals surface area contributed by atoms with Crippen LogP contribution in [0.1, 0.15) is 50.2 Å². The maximum atomic E-state index is 14.9. The minimum atomic E-state index is -0.785. The summed E-state index contributed by atoms with van der Waals surface area (Å²) >= 11 is 0. The summed E-state index contributed by atoms with van der Waals surface area (Å²) in [5.41, 5.74) is 3.85. The van der Waals surface area contributed by atoms with Crippen LogP contribution in [-0.4, -0.2) is 69.6 Å². The number of aliphatic hydroxyl groups is 1. The van der Waals surface area contributed by atoms with Crippen LogP contribution in [0.4, 0.5) is 14.7 Å². The highest BCUT2D eigenvalue weighted by Crippen LogP contribution is 2.33. The zero-order valence-electron chi connectivity index (χ0n) is 20.8. The number of rotatable bonds is 6. The molecule has 4 heterocycles. The first-order chi connectivity index (χ1) is 17.4. The van der Waals surface area contributed by atoms with Crippen molar-refractivity contribution in [3.8, 4) is 11.3 Å². The first-order valence-corrected chi connectivity index (χ1v) is 12.7. The van der Waals surface area contributed by atoms with Gasteiger partial charge in [0, 0.05) is 36.8 Å². The summed E-state index contributed by atoms with van der Waals surface area (Å²) in [5.74, 6) is -0.0570. The Hall–Kier alpha value is -2.75. The third-order valence-electron chi connectivity index (χ3n) is 7.07. The molecule has 2 saturated heterocycles. The number of pyridine rings is 1. The van der Waals surface area contributed by atoms with E-state index in [1.807, 2.05) is 24.4 Å². The molecule has 0 saturated carbocycles. The first-order valence-electron chi connectivity index (χ1n) is 12.7. The summed E-state index contributed by atoms with van der Waals surface area (Å²) in [6.45, 7) is 7.00. The van der Waals surface area contributed by atoms with Crippen LogP contribution < -0.4 is 5.32 Å². The van der Waals surface area contributed by atoms with Crippen molar-refractivity contribution >= 4 is 16.9 Å². The zero-order valence-corrected chi connectivity index (χ0v) is 20.8. The smallest absolute Gasteiger partial charge is 0.223 e. The van der Waals surface area contributed by atoms with E-state index in [4.69, 9.17) is 4.74 Å². The number of halogens is 2. The monoisotopic (exact) mass is 497 g/mol. The number of hydrogen-bond acceptors (Lipinski definition) is 7. The number of likely N-dealkylation sites (tertiary alicyclic amines) is 1. The lowest BCUT2D eigenvalue weighted by molar-refractivity contribution is -0.0136. The Bertz CT molecular complexity index is 1220. The van der Waals surface area contributed by atoms with Gasteiger partial charge in [0.15, 0.2) is 5.82 Å². The maximum absolute atomic E-state index is 14.9. The summed E-state index contributed by atoms with van der Waals surface area (Å²) in [5, 5.41) is 14.3. The summed E-state index contributed by atoms with van der Waals surface area (Å²) in [6.07, 6.45) is 3.68. The Morgan fingerprint density at radius 1 is 1.22 bits per heavy atom. The second-order valence-electron chi connectivity index (χ2n) is 10.1. The minimum Gasteiger partial charge on any atom is -0.389 e. The molecular formula is C27H33F2N5O2. The summed E-state index contributed by atoms with van der Waals surface area (Å²) in [6, 6.07) is 5.38. The quantitative estimate of drug-likeness (QED) is 0.521. The van der Waals surface area contributed by atoms with Crippen molar-refractivity contribution in [3.63, 3.8) is 0 Å². The van der Waals surface area contributed by atoms with Crippen molar-refractivity contribution in [2.75, 3.05) is 31.6 Å². The van der Waals surface area contributed by atoms with Crippen molar-refractivity contribution in [1.82, 2.24) is 19.9 Å². The molecule has 9 heteroatoms. The van der Waals surface area contributed by atoms with Crippen LogP contribution >= 0.6 is 0 Å². The van der Waals surface area contributed by atoms with Crippen LogP contribution in [0.2, 0.25) is 0 Å². The van der Waals surface area contributed by atoms with Gasteiger partial charge in [-0.25, -0.2) is 18.7 Å². The summed E-state index contributed by atoms with van der Waals surface area (Å²) < 4.78 is 34.2. The van der Waals surface area contributed by atoms with Gasteiger partial charge in [-0.2, -0.15) is 0 Å². The topological polar surface area (TPSA) is 83.4 Å². The normalized spacial score (nSPS) is 23.3. The molecule has 192 valence electrons. The first kappa shape index (κ1) is 24.9. The molecule has 3 atom stereocenters. The number of anilines is 1. The van der Waals surface area contributed by atoms with Gasteiger partial charge < -0.3 is 15.2 Å². The Balaban J connectivity index is 1.49. The Morgan fingerprint density at radius 3 is 2.86 bits per heavy atom. The Kier molecular flexibility index (Phi) is 7.41. The second-order valence-corrected chi connectivity index (χ2v) is 10.1. The fourth-order valence-corrected chi connectivity index (χ4v) is 5.29. The number of aliphatic hydroxyl groups excluding tert-OH is 1. The van der Waals surface area contributed by atoms with Gasteiger partial charge in [-0.05, 0) is 55.0 Å². The van der Waals surface area contributed by atoms with Gasteiger partial charge in [0.2, 0.25) is 5.95 Å². The molecule has 0 bridgehead atoms. The summed E-state index contributed by atoms with van der Waals surface area (Å²) in [7, 11) is 0. The highest BCUT2D eigenvalue weighted by molar-refractivity contribution is 5.88.